The number of amides is 2. The van der Waals surface area contributed by atoms with E-state index in [2.05, 4.69) is 48.6 Å². The lowest BCUT2D eigenvalue weighted by Crippen LogP contribution is -2.43. The van der Waals surface area contributed by atoms with E-state index in [1.54, 1.807) is 23.1 Å². The van der Waals surface area contributed by atoms with Gasteiger partial charge >= 0.3 is 0 Å². The molecule has 7 rings (SSSR count). The molecule has 4 aromatic carbocycles. The molecule has 7 heteroatoms. The minimum Gasteiger partial charge on any atom is -0.347 e. The first kappa shape index (κ1) is 30.2. The normalized spacial score (nSPS) is 15.4. The van der Waals surface area contributed by atoms with Crippen molar-refractivity contribution in [1.82, 2.24) is 14.8 Å². The number of nitrogens with zero attached hydrogens (tertiary/aromatic N) is 4. The molecule has 234 valence electrons. The van der Waals surface area contributed by atoms with Crippen LogP contribution in [0.2, 0.25) is 0 Å². The predicted octanol–water partition coefficient (Wildman–Crippen LogP) is 7.08. The zero-order valence-electron chi connectivity index (χ0n) is 27.0. The molecule has 7 nitrogen and oxygen atoms in total. The molecule has 0 saturated heterocycles. The van der Waals surface area contributed by atoms with Gasteiger partial charge in [0, 0.05) is 54.4 Å². The number of aromatic nitrogens is 1. The van der Waals surface area contributed by atoms with Gasteiger partial charge < -0.3 is 14.8 Å². The van der Waals surface area contributed by atoms with Crippen molar-refractivity contribution < 1.29 is 9.59 Å². The highest BCUT2D eigenvalue weighted by molar-refractivity contribution is 6.12. The van der Waals surface area contributed by atoms with Crippen LogP contribution in [0.1, 0.15) is 61.2 Å². The number of benzene rings is 4. The lowest BCUT2D eigenvalue weighted by atomic mass is 9.90. The molecule has 1 N–H and O–H groups in total. The molecule has 1 aromatic heterocycles. The van der Waals surface area contributed by atoms with Crippen molar-refractivity contribution in [3.63, 3.8) is 0 Å². The molecule has 0 spiro atoms. The number of nitrogens with one attached hydrogen (secondary N) is 1. The van der Waals surface area contributed by atoms with E-state index >= 15 is 0 Å². The summed E-state index contributed by atoms with van der Waals surface area (Å²) >= 11 is 0. The number of para-hydroxylation sites is 1. The fourth-order valence-electron chi connectivity index (χ4n) is 7.00. The van der Waals surface area contributed by atoms with Gasteiger partial charge in [0.2, 0.25) is 0 Å². The van der Waals surface area contributed by atoms with E-state index in [4.69, 9.17) is 0 Å². The van der Waals surface area contributed by atoms with Crippen LogP contribution in [0, 0.1) is 18.3 Å². The first-order chi connectivity index (χ1) is 22.8. The number of carbonyl (C=O) groups excluding carboxylic acids is 2. The fraction of sp³-hybridized carbons (Fsp3) is 0.225. The van der Waals surface area contributed by atoms with Gasteiger partial charge in [0.05, 0.1) is 22.9 Å². The van der Waals surface area contributed by atoms with Crippen LogP contribution in [0.4, 0.5) is 11.4 Å². The second-order valence-electron chi connectivity index (χ2n) is 12.6. The number of fused-ring (bicyclic) bond motifs is 2. The van der Waals surface area contributed by atoms with Gasteiger partial charge in [0.1, 0.15) is 0 Å². The molecule has 0 aliphatic carbocycles. The fourth-order valence-corrected chi connectivity index (χ4v) is 7.00. The molecule has 2 amide bonds. The molecule has 0 radical (unpaired) electrons. The molecule has 0 unspecified atom stereocenters. The van der Waals surface area contributed by atoms with Crippen molar-refractivity contribution in [2.45, 2.75) is 45.8 Å². The zero-order valence-corrected chi connectivity index (χ0v) is 27.0. The molecule has 1 atom stereocenters. The minimum atomic E-state index is -0.207. The van der Waals surface area contributed by atoms with Crippen molar-refractivity contribution in [3.8, 4) is 17.3 Å². The maximum Gasteiger partial charge on any atom is 0.264 e. The Morgan fingerprint density at radius 3 is 2.38 bits per heavy atom. The monoisotopic (exact) mass is 619 g/mol. The Bertz CT molecular complexity index is 2060. The van der Waals surface area contributed by atoms with Gasteiger partial charge in [-0.15, -0.1) is 0 Å². The maximum atomic E-state index is 14.6. The summed E-state index contributed by atoms with van der Waals surface area (Å²) in [6.45, 7) is 6.23. The van der Waals surface area contributed by atoms with Crippen LogP contribution in [0.25, 0.3) is 11.3 Å². The summed E-state index contributed by atoms with van der Waals surface area (Å²) in [5.41, 5.74) is 10.3. The molecule has 3 heterocycles. The molecule has 0 bridgehead atoms. The second kappa shape index (κ2) is 12.4. The van der Waals surface area contributed by atoms with E-state index < -0.39 is 0 Å². The second-order valence-corrected chi connectivity index (χ2v) is 12.6. The Morgan fingerprint density at radius 2 is 1.60 bits per heavy atom. The molecule has 0 saturated carbocycles. The summed E-state index contributed by atoms with van der Waals surface area (Å²) in [4.78, 5) is 32.8. The summed E-state index contributed by atoms with van der Waals surface area (Å²) in [5.74, 6) is -0.205. The lowest BCUT2D eigenvalue weighted by Gasteiger charge is -2.35. The molecule has 5 aromatic rings. The molecule has 47 heavy (non-hydrogen) atoms. The van der Waals surface area contributed by atoms with Crippen LogP contribution in [0.5, 0.6) is 0 Å². The first-order valence-electron chi connectivity index (χ1n) is 16.1. The average Bonchev–Trinajstić information content (AvgIpc) is 3.40. The number of carbonyl (C=O) groups is 2. The zero-order chi connectivity index (χ0) is 32.7. The van der Waals surface area contributed by atoms with Crippen molar-refractivity contribution in [1.29, 1.82) is 5.26 Å². The van der Waals surface area contributed by atoms with Gasteiger partial charge in [0.15, 0.2) is 0 Å². The maximum absolute atomic E-state index is 14.6. The van der Waals surface area contributed by atoms with Crippen LogP contribution in [-0.2, 0) is 33.0 Å². The Hall–Kier alpha value is -5.45. The molecular weight excluding hydrogens is 582 g/mol. The minimum absolute atomic E-state index is 0.00124. The van der Waals surface area contributed by atoms with Gasteiger partial charge in [-0.2, -0.15) is 5.26 Å². The summed E-state index contributed by atoms with van der Waals surface area (Å²) in [5, 5.41) is 13.1. The van der Waals surface area contributed by atoms with Crippen LogP contribution >= 0.6 is 0 Å². The standard InChI is InChI=1S/C40H37N5O2/c1-26-18-29-11-7-8-12-31(29)25-44(26)39(46)37-21-32-24-42-17-16-30(32)20-36(37)38-22-35(27(2)43(38)3)40(47)45(33-13-5-4-6-14-33)34-15-9-10-28(19-34)23-41/h4-15,19-22,26,42H,16-18,24-25H2,1-3H3/t26-/m1/s1. The summed E-state index contributed by atoms with van der Waals surface area (Å²) < 4.78 is 2.02. The van der Waals surface area contributed by atoms with E-state index in [0.29, 0.717) is 34.6 Å². The lowest BCUT2D eigenvalue weighted by molar-refractivity contribution is 0.0658. The van der Waals surface area contributed by atoms with Crippen LogP contribution in [0.15, 0.2) is 97.1 Å². The van der Waals surface area contributed by atoms with E-state index in [9.17, 15) is 14.9 Å². The van der Waals surface area contributed by atoms with Gasteiger partial charge in [-0.3, -0.25) is 14.5 Å². The van der Waals surface area contributed by atoms with Crippen molar-refractivity contribution in [2.24, 2.45) is 7.05 Å². The third kappa shape index (κ3) is 5.51. The molecule has 2 aliphatic heterocycles. The first-order valence-corrected chi connectivity index (χ1v) is 16.1. The van der Waals surface area contributed by atoms with Gasteiger partial charge in [0.25, 0.3) is 11.8 Å². The number of hydrogen-bond acceptors (Lipinski definition) is 4. The molecular formula is C40H37N5O2. The largest absolute Gasteiger partial charge is 0.347 e. The molecule has 0 fully saturated rings. The van der Waals surface area contributed by atoms with E-state index in [1.807, 2.05) is 72.0 Å². The van der Waals surface area contributed by atoms with Gasteiger partial charge in [-0.25, -0.2) is 0 Å². The Morgan fingerprint density at radius 1 is 0.851 bits per heavy atom. The Balaban J connectivity index is 1.34. The van der Waals surface area contributed by atoms with Crippen molar-refractivity contribution in [2.75, 3.05) is 11.4 Å². The smallest absolute Gasteiger partial charge is 0.264 e. The van der Waals surface area contributed by atoms with Crippen LogP contribution in [0.3, 0.4) is 0 Å². The van der Waals surface area contributed by atoms with E-state index in [1.165, 1.54) is 16.7 Å². The molecule has 2 aliphatic rings. The number of rotatable bonds is 5. The van der Waals surface area contributed by atoms with E-state index in [-0.39, 0.29) is 17.9 Å². The third-order valence-electron chi connectivity index (χ3n) is 9.72. The Labute approximate surface area is 275 Å². The topological polar surface area (TPSA) is 81.4 Å². The van der Waals surface area contributed by atoms with Crippen LogP contribution < -0.4 is 10.2 Å². The highest BCUT2D eigenvalue weighted by atomic mass is 16.2. The summed E-state index contributed by atoms with van der Waals surface area (Å²) in [7, 11) is 1.96. The van der Waals surface area contributed by atoms with Crippen LogP contribution in [-0.4, -0.2) is 33.9 Å². The average molecular weight is 620 g/mol. The van der Waals surface area contributed by atoms with Gasteiger partial charge in [-0.1, -0.05) is 48.5 Å². The Kier molecular flexibility index (Phi) is 7.97. The summed E-state index contributed by atoms with van der Waals surface area (Å²) in [6, 6.07) is 33.4. The third-order valence-corrected chi connectivity index (χ3v) is 9.72. The van der Waals surface area contributed by atoms with Crippen molar-refractivity contribution >= 4 is 23.2 Å². The van der Waals surface area contributed by atoms with Gasteiger partial charge in [-0.05, 0) is 104 Å². The quantitative estimate of drug-likeness (QED) is 0.228. The SMILES string of the molecule is Cc1c(C(=O)N(c2ccccc2)c2cccc(C#N)c2)cc(-c2cc3c(cc2C(=O)N2Cc4ccccc4C[C@H]2C)CNCC3)n1C. The number of hydrogen-bond donors (Lipinski definition) is 1. The highest BCUT2D eigenvalue weighted by Crippen LogP contribution is 2.36. The highest BCUT2D eigenvalue weighted by Gasteiger charge is 2.32. The predicted molar refractivity (Wildman–Crippen MR) is 185 cm³/mol. The summed E-state index contributed by atoms with van der Waals surface area (Å²) in [6.07, 6.45) is 1.69. The van der Waals surface area contributed by atoms with Crippen molar-refractivity contribution in [3.05, 3.63) is 142 Å². The number of nitriles is 1. The number of anilines is 2. The van der Waals surface area contributed by atoms with E-state index in [0.717, 1.165) is 48.4 Å².